The third-order valence-electron chi connectivity index (χ3n) is 3.86. The summed E-state index contributed by atoms with van der Waals surface area (Å²) >= 11 is 0. The fourth-order valence-electron chi connectivity index (χ4n) is 2.42. The highest BCUT2D eigenvalue weighted by Gasteiger charge is 2.25. The first-order valence-electron chi connectivity index (χ1n) is 8.47. The average Bonchev–Trinajstić information content (AvgIpc) is 3.15. The fraction of sp³-hybridized carbons (Fsp3) is 0.765. The molecule has 1 aromatic rings. The van der Waals surface area contributed by atoms with E-state index in [1.54, 1.807) is 0 Å². The summed E-state index contributed by atoms with van der Waals surface area (Å²) in [6, 6.07) is 0.664. The number of carbonyl (C=O) groups is 1. The zero-order chi connectivity index (χ0) is 17.0. The predicted molar refractivity (Wildman–Crippen MR) is 90.2 cm³/mol. The number of nitrogens with zero attached hydrogens (tertiary/aromatic N) is 2. The molecule has 1 atom stereocenters. The Morgan fingerprint density at radius 1 is 1.43 bits per heavy atom. The van der Waals surface area contributed by atoms with Crippen LogP contribution in [-0.4, -0.2) is 33.8 Å². The molecule has 0 aliphatic heterocycles. The Hall–Kier alpha value is -1.56. The molecule has 0 radical (unpaired) electrons. The van der Waals surface area contributed by atoms with Gasteiger partial charge in [-0.2, -0.15) is 0 Å². The highest BCUT2D eigenvalue weighted by Crippen LogP contribution is 2.35. The van der Waals surface area contributed by atoms with Crippen molar-refractivity contribution >= 4 is 6.09 Å². The predicted octanol–water partition coefficient (Wildman–Crippen LogP) is 2.86. The summed E-state index contributed by atoms with van der Waals surface area (Å²) in [5.74, 6) is 0.323. The summed E-state index contributed by atoms with van der Waals surface area (Å²) in [7, 11) is 0. The second-order valence-corrected chi connectivity index (χ2v) is 7.65. The van der Waals surface area contributed by atoms with E-state index in [4.69, 9.17) is 4.74 Å². The van der Waals surface area contributed by atoms with Crippen molar-refractivity contribution in [2.75, 3.05) is 6.54 Å². The lowest BCUT2D eigenvalue weighted by molar-refractivity contribution is 0.0490. The molecule has 1 saturated carbocycles. The van der Waals surface area contributed by atoms with E-state index in [0.717, 1.165) is 6.54 Å². The number of nitrogens with one attached hydrogen (secondary N) is 2. The van der Waals surface area contributed by atoms with Crippen molar-refractivity contribution in [3.8, 4) is 0 Å². The van der Waals surface area contributed by atoms with E-state index < -0.39 is 5.60 Å². The van der Waals surface area contributed by atoms with E-state index in [0.29, 0.717) is 18.5 Å². The van der Waals surface area contributed by atoms with Crippen molar-refractivity contribution in [2.45, 2.75) is 71.7 Å². The van der Waals surface area contributed by atoms with Gasteiger partial charge in [0.2, 0.25) is 0 Å². The number of amides is 1. The second-order valence-electron chi connectivity index (χ2n) is 7.65. The van der Waals surface area contributed by atoms with Crippen molar-refractivity contribution in [1.29, 1.82) is 0 Å². The minimum atomic E-state index is -0.476. The lowest BCUT2D eigenvalue weighted by Crippen LogP contribution is -2.47. The topological polar surface area (TPSA) is 68.2 Å². The first-order chi connectivity index (χ1) is 10.8. The second kappa shape index (κ2) is 7.34. The van der Waals surface area contributed by atoms with Crippen molar-refractivity contribution in [3.05, 3.63) is 18.2 Å². The standard InChI is InChI=1S/C17H30N4O2/c1-12(2)15(20-16(22)23-17(3,4)5)10-18-8-14-9-19-11-21(14)13-6-7-13/h9,11-13,15,18H,6-8,10H2,1-5H3,(H,20,22). The molecule has 1 aliphatic carbocycles. The van der Waals surface area contributed by atoms with Crippen LogP contribution >= 0.6 is 0 Å². The van der Waals surface area contributed by atoms with Crippen LogP contribution in [0, 0.1) is 5.92 Å². The minimum Gasteiger partial charge on any atom is -0.444 e. The number of aromatic nitrogens is 2. The maximum Gasteiger partial charge on any atom is 0.407 e. The Bertz CT molecular complexity index is 515. The van der Waals surface area contributed by atoms with Crippen LogP contribution in [0.1, 0.15) is 59.2 Å². The van der Waals surface area contributed by atoms with E-state index >= 15 is 0 Å². The van der Waals surface area contributed by atoms with Gasteiger partial charge < -0.3 is 19.9 Å². The van der Waals surface area contributed by atoms with E-state index in [9.17, 15) is 4.79 Å². The zero-order valence-corrected chi connectivity index (χ0v) is 14.9. The molecule has 1 aromatic heterocycles. The van der Waals surface area contributed by atoms with Gasteiger partial charge in [0.1, 0.15) is 5.60 Å². The van der Waals surface area contributed by atoms with Gasteiger partial charge in [0.25, 0.3) is 0 Å². The Balaban J connectivity index is 1.80. The van der Waals surface area contributed by atoms with Gasteiger partial charge in [-0.25, -0.2) is 9.78 Å². The Kier molecular flexibility index (Phi) is 5.68. The number of imidazole rings is 1. The lowest BCUT2D eigenvalue weighted by Gasteiger charge is -2.26. The summed E-state index contributed by atoms with van der Waals surface area (Å²) in [6.07, 6.45) is 5.96. The largest absolute Gasteiger partial charge is 0.444 e. The summed E-state index contributed by atoms with van der Waals surface area (Å²) in [6.45, 7) is 11.3. The van der Waals surface area contributed by atoms with Gasteiger partial charge in [0, 0.05) is 31.4 Å². The number of alkyl carbamates (subject to hydrolysis) is 1. The SMILES string of the molecule is CC(C)C(CNCc1cncn1C1CC1)NC(=O)OC(C)(C)C. The molecule has 2 rings (SSSR count). The van der Waals surface area contributed by atoms with E-state index in [1.807, 2.05) is 33.3 Å². The molecule has 2 N–H and O–H groups in total. The molecule has 1 fully saturated rings. The van der Waals surface area contributed by atoms with E-state index in [2.05, 4.69) is 34.0 Å². The molecule has 0 aromatic carbocycles. The molecular formula is C17H30N4O2. The number of carbonyl (C=O) groups excluding carboxylic acids is 1. The maximum absolute atomic E-state index is 11.9. The lowest BCUT2D eigenvalue weighted by atomic mass is 10.0. The van der Waals surface area contributed by atoms with E-state index in [-0.39, 0.29) is 12.1 Å². The molecule has 0 bridgehead atoms. The Morgan fingerprint density at radius 3 is 2.70 bits per heavy atom. The molecule has 23 heavy (non-hydrogen) atoms. The van der Waals surface area contributed by atoms with Crippen LogP contribution in [0.5, 0.6) is 0 Å². The molecule has 6 nitrogen and oxygen atoms in total. The molecule has 1 aliphatic rings. The first kappa shape index (κ1) is 17.8. The third kappa shape index (κ3) is 5.86. The fourth-order valence-corrected chi connectivity index (χ4v) is 2.42. The van der Waals surface area contributed by atoms with Gasteiger partial charge in [-0.3, -0.25) is 0 Å². The minimum absolute atomic E-state index is 0.0298. The molecule has 0 spiro atoms. The van der Waals surface area contributed by atoms with Crippen LogP contribution in [0.3, 0.4) is 0 Å². The summed E-state index contributed by atoms with van der Waals surface area (Å²) < 4.78 is 7.59. The maximum atomic E-state index is 11.9. The van der Waals surface area contributed by atoms with Crippen molar-refractivity contribution in [1.82, 2.24) is 20.2 Å². The summed E-state index contributed by atoms with van der Waals surface area (Å²) in [5.41, 5.74) is 0.725. The number of hydrogen-bond donors (Lipinski definition) is 2. The van der Waals surface area contributed by atoms with Crippen LogP contribution in [0.4, 0.5) is 4.79 Å². The Morgan fingerprint density at radius 2 is 2.13 bits per heavy atom. The van der Waals surface area contributed by atoms with Gasteiger partial charge in [-0.1, -0.05) is 13.8 Å². The van der Waals surface area contributed by atoms with Gasteiger partial charge >= 0.3 is 6.09 Å². The number of ether oxygens (including phenoxy) is 1. The highest BCUT2D eigenvalue weighted by atomic mass is 16.6. The number of hydrogen-bond acceptors (Lipinski definition) is 4. The zero-order valence-electron chi connectivity index (χ0n) is 14.9. The van der Waals surface area contributed by atoms with Crippen molar-refractivity contribution < 1.29 is 9.53 Å². The van der Waals surface area contributed by atoms with Gasteiger partial charge in [0.05, 0.1) is 12.0 Å². The van der Waals surface area contributed by atoms with Gasteiger partial charge in [-0.15, -0.1) is 0 Å². The smallest absolute Gasteiger partial charge is 0.407 e. The molecule has 1 unspecified atom stereocenters. The molecule has 0 saturated heterocycles. The highest BCUT2D eigenvalue weighted by molar-refractivity contribution is 5.68. The van der Waals surface area contributed by atoms with Gasteiger partial charge in [-0.05, 0) is 39.5 Å². The van der Waals surface area contributed by atoms with Crippen LogP contribution in [0.25, 0.3) is 0 Å². The quantitative estimate of drug-likeness (QED) is 0.810. The molecular weight excluding hydrogens is 292 g/mol. The van der Waals surface area contributed by atoms with Crippen LogP contribution in [0.2, 0.25) is 0 Å². The van der Waals surface area contributed by atoms with Gasteiger partial charge in [0.15, 0.2) is 0 Å². The molecule has 1 amide bonds. The summed E-state index contributed by atoms with van der Waals surface area (Å²) in [5, 5.41) is 6.39. The normalized spacial score (nSPS) is 16.4. The van der Waals surface area contributed by atoms with Crippen LogP contribution < -0.4 is 10.6 Å². The average molecular weight is 322 g/mol. The third-order valence-corrected chi connectivity index (χ3v) is 3.86. The molecule has 1 heterocycles. The van der Waals surface area contributed by atoms with Crippen LogP contribution in [-0.2, 0) is 11.3 Å². The van der Waals surface area contributed by atoms with E-state index in [1.165, 1.54) is 18.5 Å². The first-order valence-corrected chi connectivity index (χ1v) is 8.47. The van der Waals surface area contributed by atoms with Crippen molar-refractivity contribution in [3.63, 3.8) is 0 Å². The number of rotatable bonds is 7. The monoisotopic (exact) mass is 322 g/mol. The Labute approximate surface area is 139 Å². The molecule has 6 heteroatoms. The van der Waals surface area contributed by atoms with Crippen LogP contribution in [0.15, 0.2) is 12.5 Å². The summed E-state index contributed by atoms with van der Waals surface area (Å²) in [4.78, 5) is 16.2. The van der Waals surface area contributed by atoms with Crippen molar-refractivity contribution in [2.24, 2.45) is 5.92 Å². The molecule has 130 valence electrons.